The average Bonchev–Trinajstić information content (AvgIpc) is 2.63. The number of amides is 2. The average molecular weight is 415 g/mol. The highest BCUT2D eigenvalue weighted by atomic mass is 35.5. The van der Waals surface area contributed by atoms with Gasteiger partial charge < -0.3 is 10.2 Å². The van der Waals surface area contributed by atoms with Crippen LogP contribution < -0.4 is 5.32 Å². The molecule has 2 amide bonds. The van der Waals surface area contributed by atoms with Gasteiger partial charge in [-0.05, 0) is 43.9 Å². The number of carbonyl (C=O) groups is 2. The molecule has 1 N–H and O–H groups in total. The van der Waals surface area contributed by atoms with Crippen molar-refractivity contribution in [1.82, 2.24) is 10.2 Å². The summed E-state index contributed by atoms with van der Waals surface area (Å²) in [6.45, 7) is 10.8. The van der Waals surface area contributed by atoms with Crippen molar-refractivity contribution >= 4 is 23.4 Å². The van der Waals surface area contributed by atoms with Gasteiger partial charge in [-0.1, -0.05) is 73.0 Å². The van der Waals surface area contributed by atoms with Gasteiger partial charge in [0.25, 0.3) is 0 Å². The van der Waals surface area contributed by atoms with Crippen LogP contribution in [0, 0.1) is 19.8 Å². The maximum Gasteiger partial charge on any atom is 0.242 e. The second kappa shape index (κ2) is 10.4. The molecule has 0 aliphatic rings. The number of hydrogen-bond acceptors (Lipinski definition) is 2. The molecule has 29 heavy (non-hydrogen) atoms. The molecular formula is C24H31ClN2O2. The van der Waals surface area contributed by atoms with E-state index in [1.54, 1.807) is 17.9 Å². The molecule has 0 saturated heterocycles. The smallest absolute Gasteiger partial charge is 0.242 e. The third kappa shape index (κ3) is 6.90. The molecule has 0 bridgehead atoms. The summed E-state index contributed by atoms with van der Waals surface area (Å²) in [5.74, 6) is 0.0933. The van der Waals surface area contributed by atoms with E-state index in [0.717, 1.165) is 22.3 Å². The van der Waals surface area contributed by atoms with E-state index in [1.807, 2.05) is 58.0 Å². The predicted octanol–water partition coefficient (Wildman–Crippen LogP) is 4.69. The molecule has 2 rings (SSSR count). The van der Waals surface area contributed by atoms with E-state index >= 15 is 0 Å². The van der Waals surface area contributed by atoms with Crippen molar-refractivity contribution in [3.8, 4) is 0 Å². The molecule has 0 saturated carbocycles. The maximum atomic E-state index is 13.2. The van der Waals surface area contributed by atoms with Crippen LogP contribution in [0.25, 0.3) is 0 Å². The van der Waals surface area contributed by atoms with E-state index in [4.69, 9.17) is 11.6 Å². The van der Waals surface area contributed by atoms with Crippen LogP contribution in [0.2, 0.25) is 5.02 Å². The first-order valence-electron chi connectivity index (χ1n) is 10.0. The lowest BCUT2D eigenvalue weighted by atomic mass is 10.0. The predicted molar refractivity (Wildman–Crippen MR) is 119 cm³/mol. The first kappa shape index (κ1) is 23.0. The minimum Gasteiger partial charge on any atom is -0.354 e. The van der Waals surface area contributed by atoms with Crippen LogP contribution in [0.3, 0.4) is 0 Å². The lowest BCUT2D eigenvalue weighted by molar-refractivity contribution is -0.140. The highest BCUT2D eigenvalue weighted by Crippen LogP contribution is 2.20. The number of hydrogen-bond donors (Lipinski definition) is 1. The Balaban J connectivity index is 2.26. The van der Waals surface area contributed by atoms with Crippen molar-refractivity contribution < 1.29 is 9.59 Å². The Bertz CT molecular complexity index is 843. The van der Waals surface area contributed by atoms with Crippen molar-refractivity contribution in [2.24, 2.45) is 5.92 Å². The molecule has 2 aromatic carbocycles. The molecule has 156 valence electrons. The van der Waals surface area contributed by atoms with Gasteiger partial charge in [0.05, 0.1) is 6.42 Å². The second-order valence-corrected chi connectivity index (χ2v) is 8.51. The van der Waals surface area contributed by atoms with E-state index in [-0.39, 0.29) is 18.2 Å². The maximum absolute atomic E-state index is 13.2. The van der Waals surface area contributed by atoms with Crippen LogP contribution >= 0.6 is 11.6 Å². The SMILES string of the molecule is Cc1cc(C)cc(CC(=O)N(Cc2ccccc2Cl)[C@H](C)C(=O)NCC(C)C)c1. The summed E-state index contributed by atoms with van der Waals surface area (Å²) >= 11 is 6.32. The van der Waals surface area contributed by atoms with Gasteiger partial charge in [-0.3, -0.25) is 9.59 Å². The molecule has 0 spiro atoms. The molecule has 0 heterocycles. The molecule has 0 unspecified atom stereocenters. The van der Waals surface area contributed by atoms with Crippen LogP contribution in [0.5, 0.6) is 0 Å². The van der Waals surface area contributed by atoms with Crippen LogP contribution in [0.4, 0.5) is 0 Å². The minimum absolute atomic E-state index is 0.0953. The number of nitrogens with one attached hydrogen (secondary N) is 1. The van der Waals surface area contributed by atoms with Crippen LogP contribution in [0.1, 0.15) is 43.0 Å². The number of nitrogens with zero attached hydrogens (tertiary/aromatic N) is 1. The van der Waals surface area contributed by atoms with Crippen LogP contribution in [-0.4, -0.2) is 29.3 Å². The molecule has 1 atom stereocenters. The number of halogens is 1. The number of aryl methyl sites for hydroxylation is 2. The lowest BCUT2D eigenvalue weighted by Gasteiger charge is -2.29. The zero-order chi connectivity index (χ0) is 21.6. The molecular weight excluding hydrogens is 384 g/mol. The number of carbonyl (C=O) groups excluding carboxylic acids is 2. The topological polar surface area (TPSA) is 49.4 Å². The van der Waals surface area contributed by atoms with Gasteiger partial charge in [-0.15, -0.1) is 0 Å². The molecule has 0 aromatic heterocycles. The summed E-state index contributed by atoms with van der Waals surface area (Å²) in [5, 5.41) is 3.52. The molecule has 0 radical (unpaired) electrons. The molecule has 0 aliphatic heterocycles. The summed E-state index contributed by atoms with van der Waals surface area (Å²) < 4.78 is 0. The van der Waals surface area contributed by atoms with Crippen molar-refractivity contribution in [1.29, 1.82) is 0 Å². The Morgan fingerprint density at radius 3 is 2.24 bits per heavy atom. The van der Waals surface area contributed by atoms with Gasteiger partial charge in [0.1, 0.15) is 6.04 Å². The van der Waals surface area contributed by atoms with E-state index < -0.39 is 6.04 Å². The molecule has 0 fully saturated rings. The van der Waals surface area contributed by atoms with E-state index in [1.165, 1.54) is 0 Å². The van der Waals surface area contributed by atoms with Gasteiger partial charge in [0.2, 0.25) is 11.8 Å². The summed E-state index contributed by atoms with van der Waals surface area (Å²) in [5.41, 5.74) is 4.01. The van der Waals surface area contributed by atoms with Crippen LogP contribution in [0.15, 0.2) is 42.5 Å². The normalized spacial score (nSPS) is 12.0. The third-order valence-electron chi connectivity index (χ3n) is 4.79. The fourth-order valence-electron chi connectivity index (χ4n) is 3.29. The summed E-state index contributed by atoms with van der Waals surface area (Å²) in [4.78, 5) is 27.5. The Hall–Kier alpha value is -2.33. The van der Waals surface area contributed by atoms with Crippen molar-refractivity contribution in [2.75, 3.05) is 6.54 Å². The quantitative estimate of drug-likeness (QED) is 0.681. The molecule has 4 nitrogen and oxygen atoms in total. The van der Waals surface area contributed by atoms with Gasteiger partial charge >= 0.3 is 0 Å². The van der Waals surface area contributed by atoms with Gasteiger partial charge in [-0.2, -0.15) is 0 Å². The van der Waals surface area contributed by atoms with Crippen molar-refractivity contribution in [3.05, 3.63) is 69.7 Å². The monoisotopic (exact) mass is 414 g/mol. The van der Waals surface area contributed by atoms with Gasteiger partial charge in [0, 0.05) is 18.1 Å². The van der Waals surface area contributed by atoms with Crippen LogP contribution in [-0.2, 0) is 22.6 Å². The highest BCUT2D eigenvalue weighted by molar-refractivity contribution is 6.31. The van der Waals surface area contributed by atoms with Crippen molar-refractivity contribution in [2.45, 2.75) is 53.6 Å². The van der Waals surface area contributed by atoms with E-state index in [0.29, 0.717) is 24.0 Å². The largest absolute Gasteiger partial charge is 0.354 e. The van der Waals surface area contributed by atoms with Gasteiger partial charge in [-0.25, -0.2) is 0 Å². The Morgan fingerprint density at radius 1 is 1.03 bits per heavy atom. The molecule has 2 aromatic rings. The Morgan fingerprint density at radius 2 is 1.66 bits per heavy atom. The fraction of sp³-hybridized carbons (Fsp3) is 0.417. The first-order chi connectivity index (χ1) is 13.7. The summed E-state index contributed by atoms with van der Waals surface area (Å²) in [6.07, 6.45) is 0.245. The van der Waals surface area contributed by atoms with Crippen molar-refractivity contribution in [3.63, 3.8) is 0 Å². The Labute approximate surface area is 179 Å². The zero-order valence-corrected chi connectivity index (χ0v) is 18.7. The molecule has 5 heteroatoms. The lowest BCUT2D eigenvalue weighted by Crippen LogP contribution is -2.48. The number of benzene rings is 2. The standard InChI is InChI=1S/C24H31ClN2O2/c1-16(2)14-26-24(29)19(5)27(15-21-8-6-7-9-22(21)25)23(28)13-20-11-17(3)10-18(4)12-20/h6-12,16,19H,13-15H2,1-5H3,(H,26,29)/t19-/m1/s1. The van der Waals surface area contributed by atoms with Gasteiger partial charge in [0.15, 0.2) is 0 Å². The molecule has 0 aliphatic carbocycles. The summed E-state index contributed by atoms with van der Waals surface area (Å²) in [7, 11) is 0. The number of rotatable bonds is 8. The first-order valence-corrected chi connectivity index (χ1v) is 10.4. The Kier molecular flexibility index (Phi) is 8.27. The summed E-state index contributed by atoms with van der Waals surface area (Å²) in [6, 6.07) is 12.9. The fourth-order valence-corrected chi connectivity index (χ4v) is 3.49. The van der Waals surface area contributed by atoms with E-state index in [9.17, 15) is 9.59 Å². The second-order valence-electron chi connectivity index (χ2n) is 8.10. The highest BCUT2D eigenvalue weighted by Gasteiger charge is 2.26. The zero-order valence-electron chi connectivity index (χ0n) is 18.0. The third-order valence-corrected chi connectivity index (χ3v) is 5.16. The minimum atomic E-state index is -0.594. The van der Waals surface area contributed by atoms with E-state index in [2.05, 4.69) is 11.4 Å².